The van der Waals surface area contributed by atoms with Crippen LogP contribution >= 0.6 is 15.9 Å². The summed E-state index contributed by atoms with van der Waals surface area (Å²) >= 11 is 3.33. The van der Waals surface area contributed by atoms with Crippen molar-refractivity contribution in [3.8, 4) is 5.82 Å². The number of nitrogens with two attached hydrogens (primary N) is 1. The number of hydrogen-bond acceptors (Lipinski definition) is 5. The summed E-state index contributed by atoms with van der Waals surface area (Å²) in [5, 5.41) is 7.48. The van der Waals surface area contributed by atoms with Gasteiger partial charge in [-0.05, 0) is 40.9 Å². The van der Waals surface area contributed by atoms with E-state index < -0.39 is 0 Å². The second-order valence-electron chi connectivity index (χ2n) is 3.96. The van der Waals surface area contributed by atoms with Gasteiger partial charge in [-0.15, -0.1) is 5.10 Å². The molecule has 0 aromatic carbocycles. The van der Waals surface area contributed by atoms with E-state index in [-0.39, 0.29) is 0 Å². The summed E-state index contributed by atoms with van der Waals surface area (Å²) in [5.74, 6) is 1.56. The molecule has 1 aliphatic carbocycles. The Hall–Kier alpha value is -1.63. The summed E-state index contributed by atoms with van der Waals surface area (Å²) in [6.07, 6.45) is 4.04. The Bertz CT molecular complexity index is 530. The van der Waals surface area contributed by atoms with Gasteiger partial charge < -0.3 is 11.1 Å². The van der Waals surface area contributed by atoms with Crippen molar-refractivity contribution in [1.82, 2.24) is 19.7 Å². The highest BCUT2D eigenvalue weighted by Gasteiger charge is 2.23. The standard InChI is InChI=1S/C10H11BrN6/c11-6-1-4-8(13-5-6)17-9(12)15-10(16-17)14-7-2-3-7/h1,4-5,7H,2-3H2,(H3,12,14,15,16). The van der Waals surface area contributed by atoms with Gasteiger partial charge in [-0.1, -0.05) is 0 Å². The van der Waals surface area contributed by atoms with Gasteiger partial charge in [0.25, 0.3) is 0 Å². The lowest BCUT2D eigenvalue weighted by Crippen LogP contribution is -2.05. The topological polar surface area (TPSA) is 81.6 Å². The molecule has 0 aliphatic heterocycles. The van der Waals surface area contributed by atoms with Crippen LogP contribution in [0.25, 0.3) is 5.82 Å². The number of rotatable bonds is 3. The number of aromatic nitrogens is 4. The first-order valence-corrected chi connectivity index (χ1v) is 6.13. The molecule has 1 fully saturated rings. The first-order chi connectivity index (χ1) is 8.22. The molecule has 3 N–H and O–H groups in total. The second kappa shape index (κ2) is 3.99. The van der Waals surface area contributed by atoms with Gasteiger partial charge in [0, 0.05) is 16.7 Å². The summed E-state index contributed by atoms with van der Waals surface area (Å²) < 4.78 is 2.44. The molecule has 0 unspecified atom stereocenters. The lowest BCUT2D eigenvalue weighted by atomic mass is 10.5. The van der Waals surface area contributed by atoms with Crippen LogP contribution < -0.4 is 11.1 Å². The zero-order valence-electron chi connectivity index (χ0n) is 8.97. The third kappa shape index (κ3) is 2.23. The molecule has 0 spiro atoms. The van der Waals surface area contributed by atoms with Crippen molar-refractivity contribution < 1.29 is 0 Å². The number of anilines is 2. The normalized spacial score (nSPS) is 14.9. The molecule has 0 atom stereocenters. The monoisotopic (exact) mass is 294 g/mol. The number of hydrogen-bond donors (Lipinski definition) is 2. The molecular weight excluding hydrogens is 284 g/mol. The quantitative estimate of drug-likeness (QED) is 0.898. The van der Waals surface area contributed by atoms with Crippen molar-refractivity contribution >= 4 is 27.8 Å². The minimum absolute atomic E-state index is 0.336. The van der Waals surface area contributed by atoms with Crippen molar-refractivity contribution in [2.24, 2.45) is 0 Å². The molecule has 1 saturated carbocycles. The van der Waals surface area contributed by atoms with Crippen LogP contribution in [0.3, 0.4) is 0 Å². The largest absolute Gasteiger partial charge is 0.368 e. The molecule has 0 amide bonds. The molecule has 2 aromatic heterocycles. The van der Waals surface area contributed by atoms with Crippen molar-refractivity contribution in [2.75, 3.05) is 11.1 Å². The van der Waals surface area contributed by atoms with E-state index in [2.05, 4.69) is 36.3 Å². The minimum atomic E-state index is 0.336. The molecule has 0 bridgehead atoms. The van der Waals surface area contributed by atoms with Gasteiger partial charge in [-0.25, -0.2) is 4.98 Å². The van der Waals surface area contributed by atoms with Crippen molar-refractivity contribution in [3.05, 3.63) is 22.8 Å². The SMILES string of the molecule is Nc1nc(NC2CC2)nn1-c1ccc(Br)cn1. The maximum absolute atomic E-state index is 5.81. The molecule has 1 aliphatic rings. The Balaban J connectivity index is 1.90. The van der Waals surface area contributed by atoms with Crippen molar-refractivity contribution in [1.29, 1.82) is 0 Å². The van der Waals surface area contributed by atoms with E-state index in [0.29, 0.717) is 23.8 Å². The first-order valence-electron chi connectivity index (χ1n) is 5.33. The summed E-state index contributed by atoms with van der Waals surface area (Å²) in [5.41, 5.74) is 5.81. The van der Waals surface area contributed by atoms with E-state index in [9.17, 15) is 0 Å². The number of halogens is 1. The van der Waals surface area contributed by atoms with Crippen molar-refractivity contribution in [2.45, 2.75) is 18.9 Å². The van der Waals surface area contributed by atoms with Crippen LogP contribution in [0.15, 0.2) is 22.8 Å². The third-order valence-electron chi connectivity index (χ3n) is 2.47. The maximum atomic E-state index is 5.81. The Labute approximate surface area is 106 Å². The van der Waals surface area contributed by atoms with Crippen LogP contribution in [-0.4, -0.2) is 25.8 Å². The van der Waals surface area contributed by atoms with E-state index >= 15 is 0 Å². The number of nitrogens with zero attached hydrogens (tertiary/aromatic N) is 4. The zero-order valence-corrected chi connectivity index (χ0v) is 10.6. The number of nitrogens with one attached hydrogen (secondary N) is 1. The Morgan fingerprint density at radius 3 is 2.88 bits per heavy atom. The van der Waals surface area contributed by atoms with Gasteiger partial charge >= 0.3 is 0 Å². The highest BCUT2D eigenvalue weighted by molar-refractivity contribution is 9.10. The molecular formula is C10H11BrN6. The van der Waals surface area contributed by atoms with Crippen LogP contribution in [0.4, 0.5) is 11.9 Å². The van der Waals surface area contributed by atoms with Crippen LogP contribution in [0.2, 0.25) is 0 Å². The molecule has 17 heavy (non-hydrogen) atoms. The smallest absolute Gasteiger partial charge is 0.244 e. The lowest BCUT2D eigenvalue weighted by molar-refractivity contribution is 0.853. The van der Waals surface area contributed by atoms with Crippen LogP contribution in [0.5, 0.6) is 0 Å². The molecule has 6 nitrogen and oxygen atoms in total. The Morgan fingerprint density at radius 2 is 2.24 bits per heavy atom. The van der Waals surface area contributed by atoms with E-state index in [0.717, 1.165) is 4.47 Å². The van der Waals surface area contributed by atoms with Crippen molar-refractivity contribution in [3.63, 3.8) is 0 Å². The van der Waals surface area contributed by atoms with Gasteiger partial charge in [0.05, 0.1) is 0 Å². The fourth-order valence-electron chi connectivity index (χ4n) is 1.46. The predicted molar refractivity (Wildman–Crippen MR) is 67.9 cm³/mol. The zero-order chi connectivity index (χ0) is 11.8. The lowest BCUT2D eigenvalue weighted by Gasteiger charge is -2.00. The highest BCUT2D eigenvalue weighted by atomic mass is 79.9. The van der Waals surface area contributed by atoms with Crippen LogP contribution in [0, 0.1) is 0 Å². The number of nitrogen functional groups attached to an aromatic ring is 1. The van der Waals surface area contributed by atoms with Gasteiger partial charge in [0.15, 0.2) is 5.82 Å². The number of pyridine rings is 1. The molecule has 0 saturated heterocycles. The predicted octanol–water partition coefficient (Wildman–Crippen LogP) is 1.58. The van der Waals surface area contributed by atoms with Gasteiger partial charge in [0.2, 0.25) is 11.9 Å². The summed E-state index contributed by atoms with van der Waals surface area (Å²) in [6, 6.07) is 4.22. The van der Waals surface area contributed by atoms with E-state index in [1.165, 1.54) is 17.5 Å². The molecule has 7 heteroatoms. The van der Waals surface area contributed by atoms with Gasteiger partial charge in [-0.2, -0.15) is 9.67 Å². The summed E-state index contributed by atoms with van der Waals surface area (Å²) in [7, 11) is 0. The molecule has 2 aromatic rings. The molecule has 2 heterocycles. The Morgan fingerprint density at radius 1 is 1.41 bits per heavy atom. The minimum Gasteiger partial charge on any atom is -0.368 e. The van der Waals surface area contributed by atoms with E-state index in [1.54, 1.807) is 6.20 Å². The fourth-order valence-corrected chi connectivity index (χ4v) is 1.69. The average Bonchev–Trinajstić information content (AvgIpc) is 3.03. The highest BCUT2D eigenvalue weighted by Crippen LogP contribution is 2.23. The third-order valence-corrected chi connectivity index (χ3v) is 2.94. The average molecular weight is 295 g/mol. The molecule has 3 rings (SSSR count). The summed E-state index contributed by atoms with van der Waals surface area (Å²) in [4.78, 5) is 8.38. The van der Waals surface area contributed by atoms with E-state index in [1.807, 2.05) is 12.1 Å². The second-order valence-corrected chi connectivity index (χ2v) is 4.87. The van der Waals surface area contributed by atoms with Gasteiger partial charge in [-0.3, -0.25) is 0 Å². The van der Waals surface area contributed by atoms with E-state index in [4.69, 9.17) is 5.73 Å². The Kier molecular flexibility index (Phi) is 2.47. The summed E-state index contributed by atoms with van der Waals surface area (Å²) in [6.45, 7) is 0. The fraction of sp³-hybridized carbons (Fsp3) is 0.300. The molecule has 0 radical (unpaired) electrons. The van der Waals surface area contributed by atoms with Crippen LogP contribution in [-0.2, 0) is 0 Å². The van der Waals surface area contributed by atoms with Crippen LogP contribution in [0.1, 0.15) is 12.8 Å². The maximum Gasteiger partial charge on any atom is 0.244 e. The molecule has 88 valence electrons. The van der Waals surface area contributed by atoms with Gasteiger partial charge in [0.1, 0.15) is 0 Å². The first kappa shape index (κ1) is 10.5.